The van der Waals surface area contributed by atoms with Crippen LogP contribution in [0.3, 0.4) is 0 Å². The van der Waals surface area contributed by atoms with Crippen LogP contribution in [0.25, 0.3) is 0 Å². The lowest BCUT2D eigenvalue weighted by Gasteiger charge is -2.19. The van der Waals surface area contributed by atoms with Gasteiger partial charge in [-0.2, -0.15) is 4.31 Å². The summed E-state index contributed by atoms with van der Waals surface area (Å²) in [6.07, 6.45) is 4.90. The zero-order valence-corrected chi connectivity index (χ0v) is 17.4. The second-order valence-corrected chi connectivity index (χ2v) is 9.40. The number of hydrogen-bond donors (Lipinski definition) is 1. The Balaban J connectivity index is 1.62. The van der Waals surface area contributed by atoms with Gasteiger partial charge in [0.25, 0.3) is 5.91 Å². The van der Waals surface area contributed by atoms with Crippen molar-refractivity contribution in [3.63, 3.8) is 0 Å². The number of sulfonamides is 1. The molecule has 2 aromatic rings. The molecule has 1 fully saturated rings. The van der Waals surface area contributed by atoms with Gasteiger partial charge in [-0.25, -0.2) is 8.42 Å². The molecule has 0 radical (unpaired) electrons. The zero-order chi connectivity index (χ0) is 20.4. The summed E-state index contributed by atoms with van der Waals surface area (Å²) in [5.41, 5.74) is 3.56. The lowest BCUT2D eigenvalue weighted by molar-refractivity contribution is 0.102. The highest BCUT2D eigenvalue weighted by atomic mass is 32.2. The first-order chi connectivity index (χ1) is 14.0. The van der Waals surface area contributed by atoms with Gasteiger partial charge in [-0.1, -0.05) is 6.07 Å². The predicted molar refractivity (Wildman–Crippen MR) is 112 cm³/mol. The normalized spacial score (nSPS) is 16.6. The number of rotatable bonds is 6. The number of hydrogen-bond acceptors (Lipinski definition) is 4. The summed E-state index contributed by atoms with van der Waals surface area (Å²) in [6, 6.07) is 10.6. The third kappa shape index (κ3) is 4.02. The van der Waals surface area contributed by atoms with Crippen molar-refractivity contribution in [3.05, 3.63) is 53.1 Å². The zero-order valence-electron chi connectivity index (χ0n) is 16.6. The minimum absolute atomic E-state index is 0.105. The monoisotopic (exact) mass is 414 g/mol. The molecule has 4 rings (SSSR count). The van der Waals surface area contributed by atoms with Crippen molar-refractivity contribution in [1.82, 2.24) is 4.31 Å². The molecule has 2 aliphatic rings. The van der Waals surface area contributed by atoms with Gasteiger partial charge < -0.3 is 10.1 Å². The topological polar surface area (TPSA) is 75.7 Å². The van der Waals surface area contributed by atoms with Gasteiger partial charge in [0.2, 0.25) is 10.0 Å². The Morgan fingerprint density at radius 3 is 2.55 bits per heavy atom. The first-order valence-corrected chi connectivity index (χ1v) is 11.6. The third-order valence-electron chi connectivity index (χ3n) is 5.54. The van der Waals surface area contributed by atoms with E-state index >= 15 is 0 Å². The van der Waals surface area contributed by atoms with Crippen LogP contribution in [0.5, 0.6) is 5.75 Å². The number of carbonyl (C=O) groups excluding carboxylic acids is 1. The van der Waals surface area contributed by atoms with E-state index in [1.54, 1.807) is 12.1 Å². The Labute approximate surface area is 171 Å². The number of aryl methyl sites for hydroxylation is 2. The summed E-state index contributed by atoms with van der Waals surface area (Å²) in [5.74, 6) is 0.0725. The van der Waals surface area contributed by atoms with E-state index in [9.17, 15) is 13.2 Å². The van der Waals surface area contributed by atoms with Gasteiger partial charge >= 0.3 is 0 Å². The number of nitrogens with one attached hydrogen (secondary N) is 1. The summed E-state index contributed by atoms with van der Waals surface area (Å²) in [4.78, 5) is 12.8. The molecule has 1 N–H and O–H groups in total. The molecule has 0 unspecified atom stereocenters. The van der Waals surface area contributed by atoms with E-state index in [2.05, 4.69) is 5.32 Å². The summed E-state index contributed by atoms with van der Waals surface area (Å²) < 4.78 is 33.2. The van der Waals surface area contributed by atoms with Crippen molar-refractivity contribution in [2.75, 3.05) is 25.0 Å². The maximum atomic E-state index is 13.1. The molecule has 1 aliphatic carbocycles. The minimum atomic E-state index is -3.67. The number of fused-ring (bicyclic) bond motifs is 1. The fourth-order valence-corrected chi connectivity index (χ4v) is 5.72. The second kappa shape index (κ2) is 8.16. The van der Waals surface area contributed by atoms with E-state index in [-0.39, 0.29) is 10.8 Å². The van der Waals surface area contributed by atoms with E-state index in [4.69, 9.17) is 4.74 Å². The maximum absolute atomic E-state index is 13.1. The third-order valence-corrected chi connectivity index (χ3v) is 7.46. The van der Waals surface area contributed by atoms with Gasteiger partial charge in [0.1, 0.15) is 10.6 Å². The van der Waals surface area contributed by atoms with Crippen LogP contribution in [-0.2, 0) is 22.9 Å². The van der Waals surface area contributed by atoms with Gasteiger partial charge in [-0.05, 0) is 80.5 Å². The standard InChI is InChI=1S/C22H26N2O4S/c1-2-28-20-11-10-19(15-21(20)29(26,27)24-12-3-4-13-24)23-22(25)18-9-8-16-6-5-7-17(16)14-18/h8-11,14-15H,2-7,12-13H2,1H3,(H,23,25). The van der Waals surface area contributed by atoms with Crippen molar-refractivity contribution >= 4 is 21.6 Å². The molecule has 0 bridgehead atoms. The lowest BCUT2D eigenvalue weighted by atomic mass is 10.1. The van der Waals surface area contributed by atoms with Crippen LogP contribution in [0.15, 0.2) is 41.3 Å². The summed E-state index contributed by atoms with van der Waals surface area (Å²) in [5, 5.41) is 2.84. The Morgan fingerprint density at radius 2 is 1.79 bits per heavy atom. The van der Waals surface area contributed by atoms with Gasteiger partial charge in [0, 0.05) is 24.3 Å². The van der Waals surface area contributed by atoms with Crippen molar-refractivity contribution < 1.29 is 17.9 Å². The molecule has 7 heteroatoms. The number of nitrogens with zero attached hydrogens (tertiary/aromatic N) is 1. The van der Waals surface area contributed by atoms with Crippen LogP contribution < -0.4 is 10.1 Å². The average molecular weight is 415 g/mol. The van der Waals surface area contributed by atoms with Crippen molar-refractivity contribution in [2.45, 2.75) is 43.9 Å². The van der Waals surface area contributed by atoms with Gasteiger partial charge in [0.15, 0.2) is 0 Å². The molecule has 0 atom stereocenters. The van der Waals surface area contributed by atoms with Crippen LogP contribution in [0, 0.1) is 0 Å². The Kier molecular flexibility index (Phi) is 5.61. The first-order valence-electron chi connectivity index (χ1n) is 10.2. The lowest BCUT2D eigenvalue weighted by Crippen LogP contribution is -2.28. The van der Waals surface area contributed by atoms with Gasteiger partial charge in [-0.15, -0.1) is 0 Å². The maximum Gasteiger partial charge on any atom is 0.255 e. The van der Waals surface area contributed by atoms with Crippen molar-refractivity contribution in [2.24, 2.45) is 0 Å². The minimum Gasteiger partial charge on any atom is -0.492 e. The molecule has 2 aromatic carbocycles. The Bertz CT molecular complexity index is 1030. The van der Waals surface area contributed by atoms with Crippen LogP contribution in [0.2, 0.25) is 0 Å². The smallest absolute Gasteiger partial charge is 0.255 e. The molecule has 0 saturated carbocycles. The highest BCUT2D eigenvalue weighted by Crippen LogP contribution is 2.32. The highest BCUT2D eigenvalue weighted by molar-refractivity contribution is 7.89. The van der Waals surface area contributed by atoms with E-state index in [1.165, 1.54) is 21.5 Å². The number of ether oxygens (including phenoxy) is 1. The van der Waals surface area contributed by atoms with Crippen LogP contribution in [0.1, 0.15) is 47.7 Å². The Morgan fingerprint density at radius 1 is 1.03 bits per heavy atom. The molecule has 154 valence electrons. The van der Waals surface area contributed by atoms with Crippen molar-refractivity contribution in [3.8, 4) is 5.75 Å². The average Bonchev–Trinajstić information content (AvgIpc) is 3.40. The molecule has 1 aliphatic heterocycles. The SMILES string of the molecule is CCOc1ccc(NC(=O)c2ccc3c(c2)CCC3)cc1S(=O)(=O)N1CCCC1. The van der Waals surface area contributed by atoms with Gasteiger partial charge in [-0.3, -0.25) is 4.79 Å². The van der Waals surface area contributed by atoms with Crippen LogP contribution >= 0.6 is 0 Å². The number of amides is 1. The van der Waals surface area contributed by atoms with E-state index in [0.717, 1.165) is 32.1 Å². The highest BCUT2D eigenvalue weighted by Gasteiger charge is 2.30. The molecule has 1 saturated heterocycles. The number of anilines is 1. The largest absolute Gasteiger partial charge is 0.492 e. The Hall–Kier alpha value is -2.38. The van der Waals surface area contributed by atoms with Crippen LogP contribution in [0.4, 0.5) is 5.69 Å². The molecular formula is C22H26N2O4S. The summed E-state index contributed by atoms with van der Waals surface area (Å²) in [7, 11) is -3.67. The fraction of sp³-hybridized carbons (Fsp3) is 0.409. The van der Waals surface area contributed by atoms with E-state index in [0.29, 0.717) is 36.7 Å². The molecule has 0 spiro atoms. The van der Waals surface area contributed by atoms with Gasteiger partial charge in [0.05, 0.1) is 6.61 Å². The molecule has 1 amide bonds. The first kappa shape index (κ1) is 19.9. The quantitative estimate of drug-likeness (QED) is 0.783. The summed E-state index contributed by atoms with van der Waals surface area (Å²) in [6.45, 7) is 3.21. The number of carbonyl (C=O) groups is 1. The van der Waals surface area contributed by atoms with E-state index in [1.807, 2.05) is 25.1 Å². The molecular weight excluding hydrogens is 388 g/mol. The molecule has 29 heavy (non-hydrogen) atoms. The number of benzene rings is 2. The molecule has 0 aromatic heterocycles. The molecule has 1 heterocycles. The summed E-state index contributed by atoms with van der Waals surface area (Å²) >= 11 is 0. The molecule has 6 nitrogen and oxygen atoms in total. The van der Waals surface area contributed by atoms with Crippen molar-refractivity contribution in [1.29, 1.82) is 0 Å². The predicted octanol–water partition coefficient (Wildman–Crippen LogP) is 3.61. The second-order valence-electron chi connectivity index (χ2n) is 7.50. The fourth-order valence-electron chi connectivity index (χ4n) is 4.05. The van der Waals surface area contributed by atoms with Crippen LogP contribution in [-0.4, -0.2) is 38.3 Å². The van der Waals surface area contributed by atoms with E-state index < -0.39 is 10.0 Å².